The van der Waals surface area contributed by atoms with Crippen LogP contribution in [0.1, 0.15) is 6.92 Å². The summed E-state index contributed by atoms with van der Waals surface area (Å²) >= 11 is 0. The van der Waals surface area contributed by atoms with E-state index in [1.807, 2.05) is 0 Å². The summed E-state index contributed by atoms with van der Waals surface area (Å²) in [7, 11) is 0. The summed E-state index contributed by atoms with van der Waals surface area (Å²) in [6.45, 7) is 17.0. The van der Waals surface area contributed by atoms with Crippen LogP contribution in [0, 0.1) is 0 Å². The minimum absolute atomic E-state index is 0.203. The molecule has 0 atom stereocenters. The number of hydrogen-bond acceptors (Lipinski definition) is 11. The molecule has 0 aromatic heterocycles. The monoisotopic (exact) mass is 508 g/mol. The van der Waals surface area contributed by atoms with Crippen LogP contribution in [0.3, 0.4) is 0 Å². The molecule has 0 saturated heterocycles. The fraction of sp³-hybridized carbons (Fsp3) is 0.792. The minimum atomic E-state index is -0.411. The van der Waals surface area contributed by atoms with Gasteiger partial charge in [0.25, 0.3) is 0 Å². The van der Waals surface area contributed by atoms with Crippen LogP contribution in [0.5, 0.6) is 0 Å². The normalized spacial score (nSPS) is 10.9. The number of ether oxygens (including phenoxy) is 10. The average molecular weight is 509 g/mol. The Morgan fingerprint density at radius 1 is 0.514 bits per heavy atom. The molecule has 11 heteroatoms. The second-order valence-electron chi connectivity index (χ2n) is 6.85. The molecule has 11 nitrogen and oxygen atoms in total. The van der Waals surface area contributed by atoms with Crippen molar-refractivity contribution in [1.82, 2.24) is 0 Å². The smallest absolute Gasteiger partial charge is 0.333 e. The van der Waals surface area contributed by atoms with E-state index in [9.17, 15) is 4.79 Å². The number of carbonyl (C=O) groups excluding carboxylic acids is 1. The molecule has 206 valence electrons. The Labute approximate surface area is 209 Å². The SMILES string of the molecule is C=COCCOCCOCCOCCOCCOCCOCCOCCOCCOC(=O)C(=C)C. The van der Waals surface area contributed by atoms with Crippen LogP contribution in [0.2, 0.25) is 0 Å². The molecule has 0 unspecified atom stereocenters. The van der Waals surface area contributed by atoms with E-state index in [4.69, 9.17) is 47.4 Å². The van der Waals surface area contributed by atoms with Gasteiger partial charge in [-0.25, -0.2) is 4.79 Å². The van der Waals surface area contributed by atoms with Gasteiger partial charge in [-0.1, -0.05) is 13.2 Å². The van der Waals surface area contributed by atoms with Gasteiger partial charge in [0.15, 0.2) is 0 Å². The molecule has 0 bridgehead atoms. The fourth-order valence-corrected chi connectivity index (χ4v) is 2.15. The lowest BCUT2D eigenvalue weighted by Gasteiger charge is -2.09. The third kappa shape index (κ3) is 28.6. The zero-order valence-electron chi connectivity index (χ0n) is 21.2. The van der Waals surface area contributed by atoms with Gasteiger partial charge in [-0.05, 0) is 6.92 Å². The highest BCUT2D eigenvalue weighted by molar-refractivity contribution is 5.86. The summed E-state index contributed by atoms with van der Waals surface area (Å²) in [5.41, 5.74) is 0.372. The largest absolute Gasteiger partial charge is 0.499 e. The zero-order chi connectivity index (χ0) is 25.7. The van der Waals surface area contributed by atoms with Crippen molar-refractivity contribution < 1.29 is 52.2 Å². The predicted molar refractivity (Wildman–Crippen MR) is 128 cm³/mol. The highest BCUT2D eigenvalue weighted by atomic mass is 16.6. The summed E-state index contributed by atoms with van der Waals surface area (Å²) in [5.74, 6) is -0.411. The topological polar surface area (TPSA) is 109 Å². The highest BCUT2D eigenvalue weighted by Crippen LogP contribution is 1.92. The number of carbonyl (C=O) groups is 1. The standard InChI is InChI=1S/C24H44O11/c1-4-26-5-6-27-7-8-28-9-10-29-11-12-30-13-14-31-15-16-32-17-18-33-19-20-34-21-22-35-24(25)23(2)3/h4H,1-2,5-22H2,3H3. The van der Waals surface area contributed by atoms with E-state index in [1.165, 1.54) is 6.26 Å². The van der Waals surface area contributed by atoms with Crippen molar-refractivity contribution >= 4 is 5.97 Å². The van der Waals surface area contributed by atoms with Crippen LogP contribution in [0.25, 0.3) is 0 Å². The van der Waals surface area contributed by atoms with Crippen LogP contribution in [0.15, 0.2) is 25.0 Å². The summed E-state index contributed by atoms with van der Waals surface area (Å²) < 4.78 is 52.8. The van der Waals surface area contributed by atoms with Gasteiger partial charge in [0.05, 0.1) is 112 Å². The third-order valence-electron chi connectivity index (χ3n) is 3.88. The van der Waals surface area contributed by atoms with Crippen molar-refractivity contribution in [2.75, 3.05) is 119 Å². The van der Waals surface area contributed by atoms with Gasteiger partial charge < -0.3 is 47.4 Å². The Kier molecular flexibility index (Phi) is 27.4. The van der Waals surface area contributed by atoms with Crippen molar-refractivity contribution in [3.63, 3.8) is 0 Å². The molecule has 0 radical (unpaired) electrons. The Morgan fingerprint density at radius 3 is 1.03 bits per heavy atom. The summed E-state index contributed by atoms with van der Waals surface area (Å²) in [5, 5.41) is 0. The second-order valence-corrected chi connectivity index (χ2v) is 6.85. The van der Waals surface area contributed by atoms with Gasteiger partial charge in [0.2, 0.25) is 0 Å². The van der Waals surface area contributed by atoms with E-state index in [2.05, 4.69) is 13.2 Å². The van der Waals surface area contributed by atoms with Crippen LogP contribution >= 0.6 is 0 Å². The predicted octanol–water partition coefficient (Wildman–Crippen LogP) is 1.40. The average Bonchev–Trinajstić information content (AvgIpc) is 2.85. The van der Waals surface area contributed by atoms with Gasteiger partial charge >= 0.3 is 5.97 Å². The molecule has 0 aliphatic carbocycles. The Hall–Kier alpha value is -1.57. The molecule has 0 aromatic carbocycles. The molecule has 0 aliphatic rings. The number of rotatable bonds is 29. The summed E-state index contributed by atoms with van der Waals surface area (Å²) in [6.07, 6.45) is 1.39. The lowest BCUT2D eigenvalue weighted by atomic mass is 10.4. The highest BCUT2D eigenvalue weighted by Gasteiger charge is 2.01. The van der Waals surface area contributed by atoms with Crippen molar-refractivity contribution in [2.45, 2.75) is 6.92 Å². The molecule has 0 N–H and O–H groups in total. The van der Waals surface area contributed by atoms with Gasteiger partial charge in [-0.2, -0.15) is 0 Å². The van der Waals surface area contributed by atoms with Crippen molar-refractivity contribution in [2.24, 2.45) is 0 Å². The van der Waals surface area contributed by atoms with E-state index >= 15 is 0 Å². The van der Waals surface area contributed by atoms with Crippen molar-refractivity contribution in [3.8, 4) is 0 Å². The lowest BCUT2D eigenvalue weighted by Crippen LogP contribution is -2.15. The molecule has 0 amide bonds. The Balaban J connectivity index is 3.06. The third-order valence-corrected chi connectivity index (χ3v) is 3.88. The van der Waals surface area contributed by atoms with E-state index < -0.39 is 5.97 Å². The van der Waals surface area contributed by atoms with E-state index in [-0.39, 0.29) is 6.61 Å². The molecule has 0 saturated carbocycles. The first-order valence-electron chi connectivity index (χ1n) is 11.9. The fourth-order valence-electron chi connectivity index (χ4n) is 2.15. The maximum absolute atomic E-state index is 11.1. The molecule has 0 aromatic rings. The summed E-state index contributed by atoms with van der Waals surface area (Å²) in [6, 6.07) is 0. The van der Waals surface area contributed by atoms with Crippen LogP contribution in [-0.4, -0.2) is 125 Å². The van der Waals surface area contributed by atoms with Crippen LogP contribution < -0.4 is 0 Å². The number of esters is 1. The molecule has 0 spiro atoms. The van der Waals surface area contributed by atoms with Gasteiger partial charge in [-0.3, -0.25) is 0 Å². The Bertz CT molecular complexity index is 488. The molecular formula is C24H44O11. The minimum Gasteiger partial charge on any atom is -0.499 e. The first kappa shape index (κ1) is 33.4. The quantitative estimate of drug-likeness (QED) is 0.0633. The first-order chi connectivity index (χ1) is 17.2. The van der Waals surface area contributed by atoms with Gasteiger partial charge in [0.1, 0.15) is 13.2 Å². The molecule has 0 rings (SSSR count). The summed E-state index contributed by atoms with van der Waals surface area (Å²) in [4.78, 5) is 11.1. The molecule has 0 fully saturated rings. The zero-order valence-corrected chi connectivity index (χ0v) is 21.2. The molecule has 0 heterocycles. The number of hydrogen-bond donors (Lipinski definition) is 0. The first-order valence-corrected chi connectivity index (χ1v) is 11.9. The maximum atomic E-state index is 11.1. The van der Waals surface area contributed by atoms with E-state index in [0.29, 0.717) is 118 Å². The molecule has 35 heavy (non-hydrogen) atoms. The van der Waals surface area contributed by atoms with Gasteiger partial charge in [-0.15, -0.1) is 0 Å². The Morgan fingerprint density at radius 2 is 0.771 bits per heavy atom. The van der Waals surface area contributed by atoms with E-state index in [1.54, 1.807) is 6.92 Å². The molecular weight excluding hydrogens is 464 g/mol. The van der Waals surface area contributed by atoms with Crippen LogP contribution in [0.4, 0.5) is 0 Å². The van der Waals surface area contributed by atoms with Crippen molar-refractivity contribution in [1.29, 1.82) is 0 Å². The second kappa shape index (κ2) is 28.7. The van der Waals surface area contributed by atoms with Gasteiger partial charge in [0, 0.05) is 5.57 Å². The maximum Gasteiger partial charge on any atom is 0.333 e. The van der Waals surface area contributed by atoms with E-state index in [0.717, 1.165) is 0 Å². The van der Waals surface area contributed by atoms with Crippen molar-refractivity contribution in [3.05, 3.63) is 25.0 Å². The molecule has 0 aliphatic heterocycles. The lowest BCUT2D eigenvalue weighted by molar-refractivity contribution is -0.140. The van der Waals surface area contributed by atoms with Crippen LogP contribution in [-0.2, 0) is 52.2 Å².